The van der Waals surface area contributed by atoms with Crippen molar-refractivity contribution in [3.63, 3.8) is 0 Å². The fourth-order valence-corrected chi connectivity index (χ4v) is 2.90. The first-order valence-corrected chi connectivity index (χ1v) is 8.33. The minimum atomic E-state index is -0.730. The minimum Gasteiger partial charge on any atom is -0.493 e. The summed E-state index contributed by atoms with van der Waals surface area (Å²) in [6.45, 7) is 0.180. The van der Waals surface area contributed by atoms with E-state index in [1.54, 1.807) is 25.1 Å². The summed E-state index contributed by atoms with van der Waals surface area (Å²) in [6, 6.07) is 2.18. The molecule has 0 saturated carbocycles. The Morgan fingerprint density at radius 3 is 2.96 bits per heavy atom. The summed E-state index contributed by atoms with van der Waals surface area (Å²) in [5.74, 6) is -0.307. The van der Waals surface area contributed by atoms with Crippen LogP contribution in [0, 0.1) is 5.82 Å². The molecule has 2 N–H and O–H groups in total. The molecule has 140 valence electrons. The van der Waals surface area contributed by atoms with Gasteiger partial charge in [-0.2, -0.15) is 0 Å². The molecule has 2 aliphatic rings. The molecule has 1 saturated heterocycles. The average Bonchev–Trinajstić information content (AvgIpc) is 2.91. The van der Waals surface area contributed by atoms with E-state index in [9.17, 15) is 19.1 Å². The standard InChI is InChI=1S/C17H21FN4O4/c1-21(2)14(24)4-3-5-26-11-6-10-8-22-13(9-23)16(25)20-17(22)19-15(10)12(18)7-11/h6-7,13,23H,3-5,8-9H2,1-2H3,(H,19,20,25). The molecule has 3 rings (SSSR count). The first kappa shape index (κ1) is 18.1. The minimum absolute atomic E-state index is 0.00772. The third-order valence-electron chi connectivity index (χ3n) is 4.34. The van der Waals surface area contributed by atoms with Crippen LogP contribution in [0.3, 0.4) is 0 Å². The summed E-state index contributed by atoms with van der Waals surface area (Å²) in [6.07, 6.45) is 0.878. The third kappa shape index (κ3) is 3.48. The maximum absolute atomic E-state index is 14.4. The number of hydrogen-bond acceptors (Lipinski definition) is 6. The molecule has 1 unspecified atom stereocenters. The molecule has 9 heteroatoms. The van der Waals surface area contributed by atoms with Crippen LogP contribution in [0.5, 0.6) is 5.75 Å². The second-order valence-corrected chi connectivity index (χ2v) is 6.40. The van der Waals surface area contributed by atoms with E-state index in [1.165, 1.54) is 11.0 Å². The van der Waals surface area contributed by atoms with Crippen molar-refractivity contribution in [2.45, 2.75) is 25.4 Å². The number of aliphatic hydroxyl groups excluding tert-OH is 1. The zero-order valence-electron chi connectivity index (χ0n) is 14.7. The van der Waals surface area contributed by atoms with Gasteiger partial charge in [-0.25, -0.2) is 9.38 Å². The maximum Gasteiger partial charge on any atom is 0.251 e. The molecular weight excluding hydrogens is 343 g/mol. The molecular formula is C17H21FN4O4. The van der Waals surface area contributed by atoms with Crippen LogP contribution in [0.15, 0.2) is 17.1 Å². The number of rotatable bonds is 6. The van der Waals surface area contributed by atoms with Gasteiger partial charge in [0.15, 0.2) is 5.82 Å². The van der Waals surface area contributed by atoms with Gasteiger partial charge in [-0.3, -0.25) is 14.9 Å². The molecule has 1 fully saturated rings. The van der Waals surface area contributed by atoms with Crippen LogP contribution in [0.4, 0.5) is 10.1 Å². The van der Waals surface area contributed by atoms with Gasteiger partial charge in [0.25, 0.3) is 5.91 Å². The van der Waals surface area contributed by atoms with Gasteiger partial charge in [-0.15, -0.1) is 0 Å². The highest BCUT2D eigenvalue weighted by Gasteiger charge is 2.39. The molecule has 26 heavy (non-hydrogen) atoms. The van der Waals surface area contributed by atoms with Crippen molar-refractivity contribution in [3.8, 4) is 5.75 Å². The molecule has 8 nitrogen and oxygen atoms in total. The molecule has 1 aromatic rings. The monoisotopic (exact) mass is 364 g/mol. The number of ether oxygens (including phenoxy) is 1. The van der Waals surface area contributed by atoms with Crippen LogP contribution < -0.4 is 10.1 Å². The van der Waals surface area contributed by atoms with Crippen LogP contribution in [-0.2, 0) is 16.1 Å². The highest BCUT2D eigenvalue weighted by atomic mass is 19.1. The summed E-state index contributed by atoms with van der Waals surface area (Å²) in [7, 11) is 3.38. The molecule has 0 radical (unpaired) electrons. The van der Waals surface area contributed by atoms with Crippen LogP contribution in [-0.4, -0.2) is 66.0 Å². The molecule has 0 aromatic heterocycles. The number of aliphatic imine (C=N–C) groups is 1. The summed E-state index contributed by atoms with van der Waals surface area (Å²) in [5.41, 5.74) is 0.730. The Bertz CT molecular complexity index is 765. The van der Waals surface area contributed by atoms with E-state index in [0.29, 0.717) is 24.2 Å². The number of fused-ring (bicyclic) bond motifs is 2. The summed E-state index contributed by atoms with van der Waals surface area (Å²) < 4.78 is 19.9. The lowest BCUT2D eigenvalue weighted by Crippen LogP contribution is -2.39. The van der Waals surface area contributed by atoms with Gasteiger partial charge < -0.3 is 19.6 Å². The van der Waals surface area contributed by atoms with E-state index in [1.807, 2.05) is 0 Å². The fraction of sp³-hybridized carbons (Fsp3) is 0.471. The van der Waals surface area contributed by atoms with Crippen LogP contribution in [0.25, 0.3) is 0 Å². The van der Waals surface area contributed by atoms with Crippen molar-refractivity contribution in [2.24, 2.45) is 4.99 Å². The molecule has 2 amide bonds. The maximum atomic E-state index is 14.4. The van der Waals surface area contributed by atoms with Gasteiger partial charge in [-0.05, 0) is 12.5 Å². The number of aliphatic hydroxyl groups is 1. The highest BCUT2D eigenvalue weighted by molar-refractivity contribution is 6.07. The average molecular weight is 364 g/mol. The SMILES string of the molecule is CN(C)C(=O)CCCOc1cc(F)c2c(c1)CN1C(=N2)NC(=O)C1CO. The summed E-state index contributed by atoms with van der Waals surface area (Å²) in [5, 5.41) is 11.9. The molecule has 1 atom stereocenters. The molecule has 1 aromatic carbocycles. The van der Waals surface area contributed by atoms with E-state index in [0.717, 1.165) is 0 Å². The lowest BCUT2D eigenvalue weighted by Gasteiger charge is -2.27. The van der Waals surface area contributed by atoms with Gasteiger partial charge >= 0.3 is 0 Å². The van der Waals surface area contributed by atoms with Crippen molar-refractivity contribution in [1.82, 2.24) is 15.1 Å². The number of carbonyl (C=O) groups is 2. The second kappa shape index (κ2) is 7.28. The quantitative estimate of drug-likeness (QED) is 0.711. The van der Waals surface area contributed by atoms with Crippen LogP contribution >= 0.6 is 0 Å². The fourth-order valence-electron chi connectivity index (χ4n) is 2.90. The largest absolute Gasteiger partial charge is 0.493 e. The molecule has 0 spiro atoms. The number of carbonyl (C=O) groups excluding carboxylic acids is 2. The highest BCUT2D eigenvalue weighted by Crippen LogP contribution is 2.34. The Morgan fingerprint density at radius 1 is 1.50 bits per heavy atom. The third-order valence-corrected chi connectivity index (χ3v) is 4.34. The first-order valence-electron chi connectivity index (χ1n) is 8.33. The Balaban J connectivity index is 1.69. The van der Waals surface area contributed by atoms with E-state index in [-0.39, 0.29) is 43.2 Å². The predicted molar refractivity (Wildman–Crippen MR) is 91.5 cm³/mol. The van der Waals surface area contributed by atoms with Crippen molar-refractivity contribution < 1.29 is 23.8 Å². The van der Waals surface area contributed by atoms with Crippen molar-refractivity contribution in [2.75, 3.05) is 27.3 Å². The number of amides is 2. The number of guanidine groups is 1. The smallest absolute Gasteiger partial charge is 0.251 e. The summed E-state index contributed by atoms with van der Waals surface area (Å²) in [4.78, 5) is 30.6. The Morgan fingerprint density at radius 2 is 2.27 bits per heavy atom. The van der Waals surface area contributed by atoms with E-state index < -0.39 is 11.9 Å². The molecule has 0 bridgehead atoms. The van der Waals surface area contributed by atoms with Gasteiger partial charge in [0.1, 0.15) is 17.5 Å². The lowest BCUT2D eigenvalue weighted by atomic mass is 10.1. The van der Waals surface area contributed by atoms with Crippen molar-refractivity contribution in [3.05, 3.63) is 23.5 Å². The molecule has 2 aliphatic heterocycles. The van der Waals surface area contributed by atoms with Crippen molar-refractivity contribution >= 4 is 23.5 Å². The van der Waals surface area contributed by atoms with Crippen LogP contribution in [0.1, 0.15) is 18.4 Å². The number of benzene rings is 1. The number of hydrogen-bond donors (Lipinski definition) is 2. The van der Waals surface area contributed by atoms with E-state index in [2.05, 4.69) is 10.3 Å². The van der Waals surface area contributed by atoms with Gasteiger partial charge in [0, 0.05) is 38.7 Å². The molecule has 0 aliphatic carbocycles. The zero-order valence-corrected chi connectivity index (χ0v) is 14.7. The predicted octanol–water partition coefficient (Wildman–Crippen LogP) is 0.367. The van der Waals surface area contributed by atoms with Crippen molar-refractivity contribution in [1.29, 1.82) is 0 Å². The normalized spacial score (nSPS) is 18.0. The van der Waals surface area contributed by atoms with Gasteiger partial charge in [0.05, 0.1) is 13.2 Å². The van der Waals surface area contributed by atoms with E-state index in [4.69, 9.17) is 4.74 Å². The summed E-state index contributed by atoms with van der Waals surface area (Å²) >= 11 is 0. The Labute approximate surface area is 150 Å². The Kier molecular flexibility index (Phi) is 5.08. The second-order valence-electron chi connectivity index (χ2n) is 6.40. The molecule has 2 heterocycles. The number of halogens is 1. The Hall–Kier alpha value is -2.68. The number of nitrogens with one attached hydrogen (secondary N) is 1. The number of nitrogens with zero attached hydrogens (tertiary/aromatic N) is 3. The topological polar surface area (TPSA) is 94.5 Å². The van der Waals surface area contributed by atoms with Gasteiger partial charge in [-0.1, -0.05) is 0 Å². The van der Waals surface area contributed by atoms with Gasteiger partial charge in [0.2, 0.25) is 11.9 Å². The van der Waals surface area contributed by atoms with E-state index >= 15 is 0 Å². The lowest BCUT2D eigenvalue weighted by molar-refractivity contribution is -0.129. The first-order chi connectivity index (χ1) is 12.4. The zero-order chi connectivity index (χ0) is 18.8. The van der Waals surface area contributed by atoms with Crippen LogP contribution in [0.2, 0.25) is 0 Å².